The van der Waals surface area contributed by atoms with Crippen molar-refractivity contribution in [3.8, 4) is 22.3 Å². The molecule has 38 heavy (non-hydrogen) atoms. The third-order valence-electron chi connectivity index (χ3n) is 7.09. The van der Waals surface area contributed by atoms with Gasteiger partial charge in [-0.05, 0) is 41.5 Å². The summed E-state index contributed by atoms with van der Waals surface area (Å²) in [6, 6.07) is 12.6. The first-order chi connectivity index (χ1) is 18.4. The number of allylic oxidation sites excluding steroid dienone is 1. The number of hydrogen-bond donors (Lipinski definition) is 0. The molecule has 1 aliphatic heterocycles. The lowest BCUT2D eigenvalue weighted by molar-refractivity contribution is -0.189. The number of rotatable bonds is 11. The van der Waals surface area contributed by atoms with Crippen molar-refractivity contribution in [2.24, 2.45) is 0 Å². The molecule has 0 spiro atoms. The largest absolute Gasteiger partial charge is 0.352 e. The van der Waals surface area contributed by atoms with Gasteiger partial charge in [-0.1, -0.05) is 80.8 Å². The first kappa shape index (κ1) is 28.1. The van der Waals surface area contributed by atoms with E-state index in [0.29, 0.717) is 29.5 Å². The number of hydrogen-bond acceptors (Lipinski definition) is 2. The Morgan fingerprint density at radius 1 is 0.763 bits per heavy atom. The Morgan fingerprint density at radius 3 is 1.97 bits per heavy atom. The SMILES string of the molecule is C=CCCC1OCC(c2ccc(-c3ccc(-c4ccc(CCCCCC)c(F)c4F)cc3)c(F)c2F)CO1. The van der Waals surface area contributed by atoms with E-state index in [4.69, 9.17) is 9.47 Å². The average molecular weight is 527 g/mol. The first-order valence-corrected chi connectivity index (χ1v) is 13.3. The van der Waals surface area contributed by atoms with Crippen LogP contribution >= 0.6 is 0 Å². The Kier molecular flexibility index (Phi) is 9.75. The highest BCUT2D eigenvalue weighted by atomic mass is 19.2. The summed E-state index contributed by atoms with van der Waals surface area (Å²) in [5.41, 5.74) is 1.70. The second-order valence-electron chi connectivity index (χ2n) is 9.78. The zero-order valence-corrected chi connectivity index (χ0v) is 21.8. The van der Waals surface area contributed by atoms with Gasteiger partial charge in [-0.2, -0.15) is 0 Å². The minimum absolute atomic E-state index is 0.0911. The second kappa shape index (κ2) is 13.2. The molecule has 3 aromatic rings. The predicted molar refractivity (Wildman–Crippen MR) is 143 cm³/mol. The van der Waals surface area contributed by atoms with Crippen molar-refractivity contribution < 1.29 is 27.0 Å². The summed E-state index contributed by atoms with van der Waals surface area (Å²) < 4.78 is 71.0. The van der Waals surface area contributed by atoms with Crippen LogP contribution in [0.5, 0.6) is 0 Å². The zero-order valence-electron chi connectivity index (χ0n) is 21.8. The molecule has 1 saturated heterocycles. The fourth-order valence-electron chi connectivity index (χ4n) is 4.82. The van der Waals surface area contributed by atoms with E-state index in [2.05, 4.69) is 13.5 Å². The fraction of sp³-hybridized carbons (Fsp3) is 0.375. The highest BCUT2D eigenvalue weighted by Crippen LogP contribution is 2.34. The van der Waals surface area contributed by atoms with Crippen LogP contribution in [0.4, 0.5) is 17.6 Å². The van der Waals surface area contributed by atoms with E-state index in [1.54, 1.807) is 48.5 Å². The molecule has 0 N–H and O–H groups in total. The lowest BCUT2D eigenvalue weighted by Gasteiger charge is -2.30. The Bertz CT molecular complexity index is 1230. The van der Waals surface area contributed by atoms with Gasteiger partial charge in [-0.3, -0.25) is 0 Å². The summed E-state index contributed by atoms with van der Waals surface area (Å²) in [6.07, 6.45) is 7.27. The van der Waals surface area contributed by atoms with Gasteiger partial charge in [0, 0.05) is 23.5 Å². The maximum Gasteiger partial charge on any atom is 0.166 e. The summed E-state index contributed by atoms with van der Waals surface area (Å²) in [4.78, 5) is 0. The van der Waals surface area contributed by atoms with Crippen LogP contribution in [0.25, 0.3) is 22.3 Å². The van der Waals surface area contributed by atoms with Gasteiger partial charge in [-0.15, -0.1) is 6.58 Å². The molecular weight excluding hydrogens is 492 g/mol. The zero-order chi connectivity index (χ0) is 27.1. The Labute approximate surface area is 222 Å². The fourth-order valence-corrected chi connectivity index (χ4v) is 4.82. The van der Waals surface area contributed by atoms with Crippen LogP contribution < -0.4 is 0 Å². The number of unbranched alkanes of at least 4 members (excludes halogenated alkanes) is 3. The van der Waals surface area contributed by atoms with Gasteiger partial charge in [-0.25, -0.2) is 17.6 Å². The third-order valence-corrected chi connectivity index (χ3v) is 7.09. The van der Waals surface area contributed by atoms with Gasteiger partial charge < -0.3 is 9.47 Å². The molecule has 1 fully saturated rings. The van der Waals surface area contributed by atoms with Crippen LogP contribution in [0.1, 0.15) is 62.5 Å². The van der Waals surface area contributed by atoms with Gasteiger partial charge >= 0.3 is 0 Å². The van der Waals surface area contributed by atoms with E-state index in [-0.39, 0.29) is 36.2 Å². The number of ether oxygens (including phenoxy) is 2. The first-order valence-electron chi connectivity index (χ1n) is 13.3. The van der Waals surface area contributed by atoms with Crippen molar-refractivity contribution in [2.45, 2.75) is 64.1 Å². The van der Waals surface area contributed by atoms with Crippen LogP contribution in [-0.2, 0) is 15.9 Å². The molecule has 0 atom stereocenters. The Hall–Kier alpha value is -2.96. The smallest absolute Gasteiger partial charge is 0.166 e. The van der Waals surface area contributed by atoms with Gasteiger partial charge in [0.25, 0.3) is 0 Å². The van der Waals surface area contributed by atoms with Crippen LogP contribution in [0, 0.1) is 23.3 Å². The third kappa shape index (κ3) is 6.36. The van der Waals surface area contributed by atoms with E-state index in [1.807, 2.05) is 0 Å². The van der Waals surface area contributed by atoms with Crippen molar-refractivity contribution in [3.05, 3.63) is 95.6 Å². The molecular formula is C32H34F4O2. The number of aryl methyl sites for hydroxylation is 1. The quantitative estimate of drug-likeness (QED) is 0.141. The molecule has 0 saturated carbocycles. The molecule has 202 valence electrons. The summed E-state index contributed by atoms with van der Waals surface area (Å²) in [5, 5.41) is 0. The van der Waals surface area contributed by atoms with E-state index >= 15 is 8.78 Å². The van der Waals surface area contributed by atoms with Crippen molar-refractivity contribution in [1.82, 2.24) is 0 Å². The van der Waals surface area contributed by atoms with Gasteiger partial charge in [0.05, 0.1) is 13.2 Å². The van der Waals surface area contributed by atoms with Crippen molar-refractivity contribution >= 4 is 0 Å². The minimum Gasteiger partial charge on any atom is -0.352 e. The summed E-state index contributed by atoms with van der Waals surface area (Å²) in [5.74, 6) is -4.02. The summed E-state index contributed by atoms with van der Waals surface area (Å²) in [7, 11) is 0. The number of halogens is 4. The highest BCUT2D eigenvalue weighted by Gasteiger charge is 2.27. The normalized spacial score (nSPS) is 17.5. The van der Waals surface area contributed by atoms with E-state index < -0.39 is 29.2 Å². The molecule has 3 aromatic carbocycles. The Balaban J connectivity index is 1.48. The Morgan fingerprint density at radius 2 is 1.37 bits per heavy atom. The van der Waals surface area contributed by atoms with Crippen LogP contribution in [0.15, 0.2) is 61.2 Å². The molecule has 1 heterocycles. The van der Waals surface area contributed by atoms with Gasteiger partial charge in [0.15, 0.2) is 29.6 Å². The molecule has 0 radical (unpaired) electrons. The predicted octanol–water partition coefficient (Wildman–Crippen LogP) is 9.12. The molecule has 0 aliphatic carbocycles. The van der Waals surface area contributed by atoms with Gasteiger partial charge in [0.2, 0.25) is 0 Å². The molecule has 0 unspecified atom stereocenters. The number of benzene rings is 3. The second-order valence-corrected chi connectivity index (χ2v) is 9.78. The van der Waals surface area contributed by atoms with Crippen LogP contribution in [0.2, 0.25) is 0 Å². The summed E-state index contributed by atoms with van der Waals surface area (Å²) in [6.45, 7) is 6.26. The average Bonchev–Trinajstić information content (AvgIpc) is 2.94. The lowest BCUT2D eigenvalue weighted by atomic mass is 9.94. The molecule has 1 aliphatic rings. The summed E-state index contributed by atoms with van der Waals surface area (Å²) >= 11 is 0. The van der Waals surface area contributed by atoms with Crippen molar-refractivity contribution in [1.29, 1.82) is 0 Å². The molecule has 0 bridgehead atoms. The standard InChI is InChI=1S/C32H34F4O2/c1-3-5-7-8-9-23-15-16-25(30(34)29(23)33)21-11-13-22(14-12-21)26-17-18-27(32(36)31(26)35)24-19-37-28(38-20-24)10-6-4-2/h4,11-18,24,28H,2-3,5-10,19-20H2,1H3. The lowest BCUT2D eigenvalue weighted by Crippen LogP contribution is -2.31. The molecule has 4 rings (SSSR count). The molecule has 2 nitrogen and oxygen atoms in total. The maximum atomic E-state index is 15.1. The maximum absolute atomic E-state index is 15.1. The highest BCUT2D eigenvalue weighted by molar-refractivity contribution is 5.71. The van der Waals surface area contributed by atoms with E-state index in [0.717, 1.165) is 32.1 Å². The van der Waals surface area contributed by atoms with E-state index in [9.17, 15) is 8.78 Å². The van der Waals surface area contributed by atoms with Gasteiger partial charge in [0.1, 0.15) is 0 Å². The van der Waals surface area contributed by atoms with E-state index in [1.165, 1.54) is 6.07 Å². The molecule has 0 aromatic heterocycles. The van der Waals surface area contributed by atoms with Crippen LogP contribution in [-0.4, -0.2) is 19.5 Å². The van der Waals surface area contributed by atoms with Crippen LogP contribution in [0.3, 0.4) is 0 Å². The minimum atomic E-state index is -0.964. The van der Waals surface area contributed by atoms with Crippen molar-refractivity contribution in [2.75, 3.05) is 13.2 Å². The van der Waals surface area contributed by atoms with Crippen molar-refractivity contribution in [3.63, 3.8) is 0 Å². The molecule has 0 amide bonds. The topological polar surface area (TPSA) is 18.5 Å². The molecule has 6 heteroatoms. The monoisotopic (exact) mass is 526 g/mol.